The van der Waals surface area contributed by atoms with Crippen LogP contribution in [-0.2, 0) is 24.2 Å². The zero-order chi connectivity index (χ0) is 21.7. The van der Waals surface area contributed by atoms with E-state index in [0.717, 1.165) is 19.3 Å². The molecule has 0 aromatic rings. The summed E-state index contributed by atoms with van der Waals surface area (Å²) < 4.78 is 23.7. The lowest BCUT2D eigenvalue weighted by molar-refractivity contribution is -0.163. The number of hydrogen-bond donors (Lipinski definition) is 1. The minimum atomic E-state index is -3.15. The second-order valence-electron chi connectivity index (χ2n) is 9.99. The maximum absolute atomic E-state index is 13.6. The van der Waals surface area contributed by atoms with Crippen LogP contribution in [0.25, 0.3) is 0 Å². The van der Waals surface area contributed by atoms with Crippen molar-refractivity contribution in [2.75, 3.05) is 31.1 Å². The summed E-state index contributed by atoms with van der Waals surface area (Å²) in [7, 11) is -3.15. The molecule has 0 aromatic heterocycles. The zero-order valence-corrected chi connectivity index (χ0v) is 18.4. The molecule has 0 radical (unpaired) electrons. The summed E-state index contributed by atoms with van der Waals surface area (Å²) >= 11 is 0. The Morgan fingerprint density at radius 3 is 2.00 bits per heavy atom. The van der Waals surface area contributed by atoms with Gasteiger partial charge in [0.15, 0.2) is 9.84 Å². The Morgan fingerprint density at radius 1 is 1.00 bits per heavy atom. The Hall–Kier alpha value is -1.64. The highest BCUT2D eigenvalue weighted by Crippen LogP contribution is 2.60. The van der Waals surface area contributed by atoms with E-state index < -0.39 is 33.8 Å². The highest BCUT2D eigenvalue weighted by Gasteiger charge is 2.56. The first kappa shape index (κ1) is 21.6. The summed E-state index contributed by atoms with van der Waals surface area (Å²) in [6.45, 7) is 1.33. The first-order chi connectivity index (χ1) is 14.1. The van der Waals surface area contributed by atoms with Gasteiger partial charge in [-0.05, 0) is 69.6 Å². The van der Waals surface area contributed by atoms with Gasteiger partial charge in [0.1, 0.15) is 13.1 Å². The van der Waals surface area contributed by atoms with Crippen LogP contribution in [0.1, 0.15) is 51.9 Å². The monoisotopic (exact) mass is 440 g/mol. The molecule has 5 rings (SSSR count). The largest absolute Gasteiger partial charge is 0.480 e. The van der Waals surface area contributed by atoms with E-state index in [-0.39, 0.29) is 29.9 Å². The van der Waals surface area contributed by atoms with E-state index >= 15 is 0 Å². The molecule has 5 aliphatic rings. The number of carboxylic acid groups (broad SMARTS) is 1. The van der Waals surface area contributed by atoms with Crippen molar-refractivity contribution in [3.8, 4) is 0 Å². The minimum Gasteiger partial charge on any atom is -0.480 e. The number of amides is 2. The zero-order valence-electron chi connectivity index (χ0n) is 17.6. The Balaban J connectivity index is 1.50. The number of carbonyl (C=O) groups excluding carboxylic acids is 2. The molecule has 0 aromatic carbocycles. The van der Waals surface area contributed by atoms with E-state index in [1.807, 2.05) is 0 Å². The van der Waals surface area contributed by atoms with Crippen LogP contribution in [0, 0.1) is 23.2 Å². The predicted molar refractivity (Wildman–Crippen MR) is 109 cm³/mol. The van der Waals surface area contributed by atoms with Crippen molar-refractivity contribution >= 4 is 27.6 Å². The van der Waals surface area contributed by atoms with Crippen LogP contribution in [0.5, 0.6) is 0 Å². The van der Waals surface area contributed by atoms with E-state index in [9.17, 15) is 27.9 Å². The molecule has 30 heavy (non-hydrogen) atoms. The lowest BCUT2D eigenvalue weighted by atomic mass is 9.49. The van der Waals surface area contributed by atoms with Gasteiger partial charge >= 0.3 is 5.97 Å². The molecular weight excluding hydrogens is 408 g/mol. The van der Waals surface area contributed by atoms with Crippen LogP contribution in [0.15, 0.2) is 0 Å². The van der Waals surface area contributed by atoms with Crippen molar-refractivity contribution < 1.29 is 27.9 Å². The fourth-order valence-electron chi connectivity index (χ4n) is 6.98. The lowest BCUT2D eigenvalue weighted by Gasteiger charge is -2.56. The summed E-state index contributed by atoms with van der Waals surface area (Å²) in [5.74, 6) is -0.0602. The first-order valence-corrected chi connectivity index (χ1v) is 12.9. The maximum Gasteiger partial charge on any atom is 0.323 e. The molecule has 1 unspecified atom stereocenters. The van der Waals surface area contributed by atoms with Gasteiger partial charge in [-0.3, -0.25) is 14.4 Å². The molecule has 1 aliphatic heterocycles. The normalized spacial score (nSPS) is 35.9. The van der Waals surface area contributed by atoms with E-state index in [1.165, 1.54) is 29.1 Å². The van der Waals surface area contributed by atoms with Gasteiger partial charge in [-0.25, -0.2) is 8.42 Å². The molecule has 168 valence electrons. The van der Waals surface area contributed by atoms with Crippen molar-refractivity contribution in [1.82, 2.24) is 9.80 Å². The number of rotatable bonds is 7. The molecule has 5 fully saturated rings. The second-order valence-corrected chi connectivity index (χ2v) is 12.2. The molecule has 8 nitrogen and oxygen atoms in total. The predicted octanol–water partition coefficient (Wildman–Crippen LogP) is 1.15. The quantitative estimate of drug-likeness (QED) is 0.636. The fraction of sp³-hybridized carbons (Fsp3) is 0.857. The van der Waals surface area contributed by atoms with Gasteiger partial charge < -0.3 is 14.9 Å². The number of carbonyl (C=O) groups is 3. The number of carboxylic acids is 1. The lowest BCUT2D eigenvalue weighted by Crippen LogP contribution is -2.57. The van der Waals surface area contributed by atoms with Crippen LogP contribution < -0.4 is 0 Å². The first-order valence-electron chi connectivity index (χ1n) is 11.1. The third kappa shape index (κ3) is 4.09. The van der Waals surface area contributed by atoms with Crippen molar-refractivity contribution in [3.05, 3.63) is 0 Å². The SMILES string of the molecule is CCN(C(=O)CN(CC(=O)O)C(=O)C12CC3CC(CC(C3)C1)C2)C1CCS(=O)(=O)C1. The molecular formula is C21H32N2O6S. The third-order valence-corrected chi connectivity index (χ3v) is 9.49. The summed E-state index contributed by atoms with van der Waals surface area (Å²) in [5, 5.41) is 9.41. The van der Waals surface area contributed by atoms with Gasteiger partial charge in [0.25, 0.3) is 0 Å². The highest BCUT2D eigenvalue weighted by molar-refractivity contribution is 7.91. The number of sulfone groups is 1. The fourth-order valence-corrected chi connectivity index (χ4v) is 8.71. The topological polar surface area (TPSA) is 112 Å². The van der Waals surface area contributed by atoms with Crippen LogP contribution >= 0.6 is 0 Å². The number of hydrogen-bond acceptors (Lipinski definition) is 5. The molecule has 1 N–H and O–H groups in total. The summed E-state index contributed by atoms with van der Waals surface area (Å²) in [4.78, 5) is 40.9. The number of likely N-dealkylation sites (N-methyl/N-ethyl adjacent to an activating group) is 1. The van der Waals surface area contributed by atoms with Gasteiger partial charge in [0.05, 0.1) is 16.9 Å². The average molecular weight is 441 g/mol. The van der Waals surface area contributed by atoms with Crippen LogP contribution in [0.3, 0.4) is 0 Å². The van der Waals surface area contributed by atoms with Crippen LogP contribution in [0.4, 0.5) is 0 Å². The van der Waals surface area contributed by atoms with Crippen molar-refractivity contribution in [2.45, 2.75) is 57.9 Å². The van der Waals surface area contributed by atoms with Crippen molar-refractivity contribution in [1.29, 1.82) is 0 Å². The standard InChI is InChI=1S/C21H32N2O6S/c1-2-23(17-3-4-30(28,29)13-17)18(24)11-22(12-19(25)26)20(27)21-8-14-5-15(9-21)7-16(6-14)10-21/h14-17H,2-13H2,1H3,(H,25,26). The Kier molecular flexibility index (Phi) is 5.61. The van der Waals surface area contributed by atoms with Crippen molar-refractivity contribution in [2.24, 2.45) is 23.2 Å². The molecule has 1 saturated heterocycles. The summed E-state index contributed by atoms with van der Waals surface area (Å²) in [6, 6.07) is -0.395. The molecule has 2 amide bonds. The van der Waals surface area contributed by atoms with Crippen molar-refractivity contribution in [3.63, 3.8) is 0 Å². The van der Waals surface area contributed by atoms with Gasteiger partial charge in [-0.1, -0.05) is 0 Å². The average Bonchev–Trinajstić information content (AvgIpc) is 2.99. The Bertz CT molecular complexity index is 803. The Labute approximate surface area is 177 Å². The number of aliphatic carboxylic acids is 1. The number of nitrogens with zero attached hydrogens (tertiary/aromatic N) is 2. The van der Waals surface area contributed by atoms with E-state index in [0.29, 0.717) is 30.7 Å². The van der Waals surface area contributed by atoms with E-state index in [2.05, 4.69) is 0 Å². The third-order valence-electron chi connectivity index (χ3n) is 7.74. The summed E-state index contributed by atoms with van der Waals surface area (Å²) in [6.07, 6.45) is 6.32. The molecule has 1 heterocycles. The van der Waals surface area contributed by atoms with Crippen LogP contribution in [0.2, 0.25) is 0 Å². The molecule has 1 atom stereocenters. The maximum atomic E-state index is 13.6. The van der Waals surface area contributed by atoms with Gasteiger partial charge in [-0.15, -0.1) is 0 Å². The van der Waals surface area contributed by atoms with Gasteiger partial charge in [0.2, 0.25) is 11.8 Å². The minimum absolute atomic E-state index is 0.0611. The van der Waals surface area contributed by atoms with E-state index in [4.69, 9.17) is 0 Å². The molecule has 0 spiro atoms. The van der Waals surface area contributed by atoms with E-state index in [1.54, 1.807) is 6.92 Å². The van der Waals surface area contributed by atoms with Gasteiger partial charge in [-0.2, -0.15) is 0 Å². The van der Waals surface area contributed by atoms with Gasteiger partial charge in [0, 0.05) is 12.6 Å². The molecule has 4 aliphatic carbocycles. The molecule has 4 bridgehead atoms. The highest BCUT2D eigenvalue weighted by atomic mass is 32.2. The summed E-state index contributed by atoms with van der Waals surface area (Å²) in [5.41, 5.74) is -0.516. The molecule has 4 saturated carbocycles. The second kappa shape index (κ2) is 7.80. The smallest absolute Gasteiger partial charge is 0.323 e. The molecule has 9 heteroatoms. The Morgan fingerprint density at radius 2 is 1.57 bits per heavy atom. The van der Waals surface area contributed by atoms with Crippen LogP contribution in [-0.4, -0.2) is 78.3 Å².